The summed E-state index contributed by atoms with van der Waals surface area (Å²) in [7, 11) is 0. The molecule has 5 heteroatoms. The number of halogens is 3. The minimum Gasteiger partial charge on any atom is -0.478 e. The maximum absolute atomic E-state index is 13.2. The van der Waals surface area contributed by atoms with Gasteiger partial charge in [0.2, 0.25) is 0 Å². The van der Waals surface area contributed by atoms with Crippen molar-refractivity contribution in [1.29, 1.82) is 0 Å². The standard InChI is InChI=1S/C14H9F3O2/c1-7-2-3-9(14(18)19)10(4-7)8-5-11(15)13(17)12(16)6-8/h2-6H,1H3,(H,18,19). The Bertz CT molecular complexity index is 643. The van der Waals surface area contributed by atoms with E-state index in [9.17, 15) is 18.0 Å². The number of aromatic carboxylic acids is 1. The topological polar surface area (TPSA) is 37.3 Å². The van der Waals surface area contributed by atoms with Gasteiger partial charge in [-0.25, -0.2) is 18.0 Å². The first-order valence-corrected chi connectivity index (χ1v) is 5.39. The average Bonchev–Trinajstić information content (AvgIpc) is 2.34. The number of hydrogen-bond donors (Lipinski definition) is 1. The molecule has 0 fully saturated rings. The number of aryl methyl sites for hydroxylation is 1. The molecule has 0 saturated carbocycles. The van der Waals surface area contributed by atoms with Gasteiger partial charge in [-0.05, 0) is 36.2 Å². The van der Waals surface area contributed by atoms with E-state index in [1.54, 1.807) is 13.0 Å². The summed E-state index contributed by atoms with van der Waals surface area (Å²) >= 11 is 0. The number of carbonyl (C=O) groups is 1. The second kappa shape index (κ2) is 4.76. The fourth-order valence-electron chi connectivity index (χ4n) is 1.79. The Morgan fingerprint density at radius 3 is 2.16 bits per heavy atom. The van der Waals surface area contributed by atoms with Gasteiger partial charge in [0.25, 0.3) is 0 Å². The number of rotatable bonds is 2. The van der Waals surface area contributed by atoms with E-state index >= 15 is 0 Å². The van der Waals surface area contributed by atoms with Gasteiger partial charge in [-0.15, -0.1) is 0 Å². The van der Waals surface area contributed by atoms with E-state index in [1.165, 1.54) is 12.1 Å². The Hall–Kier alpha value is -2.30. The van der Waals surface area contributed by atoms with Gasteiger partial charge in [-0.1, -0.05) is 17.7 Å². The lowest BCUT2D eigenvalue weighted by Gasteiger charge is -2.08. The van der Waals surface area contributed by atoms with Crippen LogP contribution in [-0.2, 0) is 0 Å². The van der Waals surface area contributed by atoms with Gasteiger partial charge in [0.15, 0.2) is 17.5 Å². The first-order valence-electron chi connectivity index (χ1n) is 5.39. The van der Waals surface area contributed by atoms with Crippen LogP contribution in [0, 0.1) is 24.4 Å². The van der Waals surface area contributed by atoms with Crippen LogP contribution in [0.3, 0.4) is 0 Å². The lowest BCUT2D eigenvalue weighted by atomic mass is 9.97. The third kappa shape index (κ3) is 2.45. The fraction of sp³-hybridized carbons (Fsp3) is 0.0714. The molecule has 0 aromatic heterocycles. The lowest BCUT2D eigenvalue weighted by molar-refractivity contribution is 0.0697. The van der Waals surface area contributed by atoms with Gasteiger partial charge in [0.1, 0.15) is 0 Å². The molecule has 19 heavy (non-hydrogen) atoms. The van der Waals surface area contributed by atoms with E-state index in [1.807, 2.05) is 0 Å². The van der Waals surface area contributed by atoms with Crippen molar-refractivity contribution in [3.63, 3.8) is 0 Å². The Kier molecular flexibility index (Phi) is 3.29. The van der Waals surface area contributed by atoms with E-state index in [4.69, 9.17) is 5.11 Å². The zero-order chi connectivity index (χ0) is 14.2. The molecule has 0 unspecified atom stereocenters. The predicted octanol–water partition coefficient (Wildman–Crippen LogP) is 3.78. The van der Waals surface area contributed by atoms with Gasteiger partial charge >= 0.3 is 5.97 Å². The Morgan fingerprint density at radius 1 is 1.05 bits per heavy atom. The van der Waals surface area contributed by atoms with E-state index < -0.39 is 23.4 Å². The van der Waals surface area contributed by atoms with Crippen molar-refractivity contribution in [2.45, 2.75) is 6.92 Å². The number of carboxylic acid groups (broad SMARTS) is 1. The minimum atomic E-state index is -1.58. The lowest BCUT2D eigenvalue weighted by Crippen LogP contribution is -2.01. The Balaban J connectivity index is 2.71. The highest BCUT2D eigenvalue weighted by Crippen LogP contribution is 2.28. The average molecular weight is 266 g/mol. The number of carboxylic acids is 1. The molecule has 0 aliphatic rings. The second-order valence-electron chi connectivity index (χ2n) is 4.11. The highest BCUT2D eigenvalue weighted by Gasteiger charge is 2.16. The maximum atomic E-state index is 13.2. The molecule has 0 aliphatic heterocycles. The molecule has 0 aliphatic carbocycles. The highest BCUT2D eigenvalue weighted by atomic mass is 19.2. The van der Waals surface area contributed by atoms with Gasteiger partial charge in [-0.3, -0.25) is 0 Å². The largest absolute Gasteiger partial charge is 0.478 e. The van der Waals surface area contributed by atoms with Crippen LogP contribution in [0.25, 0.3) is 11.1 Å². The molecule has 2 aromatic rings. The van der Waals surface area contributed by atoms with E-state index in [0.29, 0.717) is 0 Å². The number of hydrogen-bond acceptors (Lipinski definition) is 1. The van der Waals surface area contributed by atoms with Crippen molar-refractivity contribution in [1.82, 2.24) is 0 Å². The van der Waals surface area contributed by atoms with E-state index in [-0.39, 0.29) is 16.7 Å². The molecule has 2 aromatic carbocycles. The summed E-state index contributed by atoms with van der Waals surface area (Å²) in [5.41, 5.74) is 0.754. The van der Waals surface area contributed by atoms with Crippen LogP contribution in [0.4, 0.5) is 13.2 Å². The minimum absolute atomic E-state index is 0.0162. The normalized spacial score (nSPS) is 10.5. The molecule has 2 nitrogen and oxygen atoms in total. The van der Waals surface area contributed by atoms with Gasteiger partial charge in [0, 0.05) is 0 Å². The molecule has 98 valence electrons. The summed E-state index contributed by atoms with van der Waals surface area (Å²) in [5, 5.41) is 9.05. The quantitative estimate of drug-likeness (QED) is 0.840. The smallest absolute Gasteiger partial charge is 0.336 e. The fourth-order valence-corrected chi connectivity index (χ4v) is 1.79. The molecular weight excluding hydrogens is 257 g/mol. The summed E-state index contributed by atoms with van der Waals surface area (Å²) in [6, 6.07) is 5.95. The zero-order valence-electron chi connectivity index (χ0n) is 9.88. The summed E-state index contributed by atoms with van der Waals surface area (Å²) in [4.78, 5) is 11.1. The Labute approximate surface area is 107 Å². The second-order valence-corrected chi connectivity index (χ2v) is 4.11. The van der Waals surface area contributed by atoms with Crippen LogP contribution in [0.2, 0.25) is 0 Å². The van der Waals surface area contributed by atoms with Crippen LogP contribution in [0.15, 0.2) is 30.3 Å². The van der Waals surface area contributed by atoms with Crippen LogP contribution in [0.1, 0.15) is 15.9 Å². The summed E-state index contributed by atoms with van der Waals surface area (Å²) in [6.07, 6.45) is 0. The van der Waals surface area contributed by atoms with Crippen molar-refractivity contribution in [2.24, 2.45) is 0 Å². The van der Waals surface area contributed by atoms with Crippen LogP contribution in [0.5, 0.6) is 0 Å². The van der Waals surface area contributed by atoms with Crippen LogP contribution >= 0.6 is 0 Å². The summed E-state index contributed by atoms with van der Waals surface area (Å²) in [6.45, 7) is 1.71. The monoisotopic (exact) mass is 266 g/mol. The van der Waals surface area contributed by atoms with Gasteiger partial charge in [0.05, 0.1) is 5.56 Å². The highest BCUT2D eigenvalue weighted by molar-refractivity contribution is 5.96. The maximum Gasteiger partial charge on any atom is 0.336 e. The predicted molar refractivity (Wildman–Crippen MR) is 63.4 cm³/mol. The third-order valence-electron chi connectivity index (χ3n) is 2.70. The molecule has 1 N–H and O–H groups in total. The molecule has 0 radical (unpaired) electrons. The SMILES string of the molecule is Cc1ccc(C(=O)O)c(-c2cc(F)c(F)c(F)c2)c1. The van der Waals surface area contributed by atoms with Crippen molar-refractivity contribution < 1.29 is 23.1 Å². The van der Waals surface area contributed by atoms with Gasteiger partial charge < -0.3 is 5.11 Å². The molecule has 0 amide bonds. The molecule has 0 spiro atoms. The molecule has 0 atom stereocenters. The first-order chi connectivity index (χ1) is 8.90. The van der Waals surface area contributed by atoms with Crippen molar-refractivity contribution in [3.8, 4) is 11.1 Å². The van der Waals surface area contributed by atoms with Crippen molar-refractivity contribution in [2.75, 3.05) is 0 Å². The van der Waals surface area contributed by atoms with Crippen molar-refractivity contribution >= 4 is 5.97 Å². The molecule has 0 bridgehead atoms. The Morgan fingerprint density at radius 2 is 1.63 bits per heavy atom. The molecule has 0 saturated heterocycles. The number of benzene rings is 2. The van der Waals surface area contributed by atoms with Crippen LogP contribution in [-0.4, -0.2) is 11.1 Å². The molecular formula is C14H9F3O2. The first kappa shape index (κ1) is 13.1. The zero-order valence-corrected chi connectivity index (χ0v) is 9.88. The van der Waals surface area contributed by atoms with Gasteiger partial charge in [-0.2, -0.15) is 0 Å². The van der Waals surface area contributed by atoms with Crippen LogP contribution < -0.4 is 0 Å². The van der Waals surface area contributed by atoms with Crippen molar-refractivity contribution in [3.05, 3.63) is 58.9 Å². The van der Waals surface area contributed by atoms with E-state index in [2.05, 4.69) is 0 Å². The summed E-state index contributed by atoms with van der Waals surface area (Å²) < 4.78 is 39.3. The molecule has 2 rings (SSSR count). The summed E-state index contributed by atoms with van der Waals surface area (Å²) in [5.74, 6) is -5.51. The molecule has 0 heterocycles. The van der Waals surface area contributed by atoms with E-state index in [0.717, 1.165) is 17.7 Å². The third-order valence-corrected chi connectivity index (χ3v) is 2.70.